The van der Waals surface area contributed by atoms with Crippen molar-refractivity contribution in [2.45, 2.75) is 13.5 Å². The van der Waals surface area contributed by atoms with Gasteiger partial charge in [-0.25, -0.2) is 14.6 Å². The zero-order valence-electron chi connectivity index (χ0n) is 16.7. The highest BCUT2D eigenvalue weighted by Crippen LogP contribution is 2.30. The molecule has 0 aliphatic carbocycles. The molecule has 0 aliphatic rings. The average Bonchev–Trinajstić information content (AvgIpc) is 3.09. The number of hydrogen-bond acceptors (Lipinski definition) is 12. The molecule has 3 rings (SSSR count). The fourth-order valence-electron chi connectivity index (χ4n) is 2.30. The van der Waals surface area contributed by atoms with Crippen LogP contribution in [0.3, 0.4) is 0 Å². The molecule has 13 nitrogen and oxygen atoms in total. The number of aromatic nitrogens is 1. The summed E-state index contributed by atoms with van der Waals surface area (Å²) < 4.78 is 19.5. The van der Waals surface area contributed by atoms with Crippen LogP contribution in [0.1, 0.15) is 11.5 Å². The maximum absolute atomic E-state index is 12.0. The van der Waals surface area contributed by atoms with Gasteiger partial charge in [0.2, 0.25) is 5.91 Å². The van der Waals surface area contributed by atoms with Crippen molar-refractivity contribution in [1.29, 1.82) is 0 Å². The van der Waals surface area contributed by atoms with E-state index in [4.69, 9.17) is 25.4 Å². The second-order valence-corrected chi connectivity index (χ2v) is 6.10. The van der Waals surface area contributed by atoms with E-state index in [-0.39, 0.29) is 53.4 Å². The molecule has 13 heteroatoms. The van der Waals surface area contributed by atoms with Crippen molar-refractivity contribution in [3.63, 3.8) is 0 Å². The number of nitrogens with one attached hydrogen (secondary N) is 1. The third-order valence-electron chi connectivity index (χ3n) is 3.84. The maximum atomic E-state index is 12.0. The SMILES string of the molecule is Cc1oc(=O)oc1COC(=O)Oc1ccccc1/N=N/c1ccc(NC(=O)CN)nc1N. The van der Waals surface area contributed by atoms with E-state index in [9.17, 15) is 14.4 Å². The zero-order chi connectivity index (χ0) is 23.1. The lowest BCUT2D eigenvalue weighted by molar-refractivity contribution is -0.114. The fourth-order valence-corrected chi connectivity index (χ4v) is 2.30. The summed E-state index contributed by atoms with van der Waals surface area (Å²) in [6, 6.07) is 9.27. The van der Waals surface area contributed by atoms with Crippen LogP contribution in [0, 0.1) is 6.92 Å². The number of nitrogens with zero attached hydrogens (tertiary/aromatic N) is 3. The highest BCUT2D eigenvalue weighted by Gasteiger charge is 2.14. The van der Waals surface area contributed by atoms with Gasteiger partial charge < -0.3 is 35.1 Å². The van der Waals surface area contributed by atoms with Gasteiger partial charge in [-0.2, -0.15) is 0 Å². The lowest BCUT2D eigenvalue weighted by Crippen LogP contribution is -2.22. The number of para-hydroxylation sites is 1. The number of nitrogens with two attached hydrogens (primary N) is 2. The van der Waals surface area contributed by atoms with E-state index in [1.54, 1.807) is 18.2 Å². The molecule has 0 fully saturated rings. The number of nitrogen functional groups attached to an aromatic ring is 1. The number of carbonyl (C=O) groups is 2. The van der Waals surface area contributed by atoms with E-state index in [1.165, 1.54) is 25.1 Å². The van der Waals surface area contributed by atoms with E-state index < -0.39 is 17.9 Å². The van der Waals surface area contributed by atoms with Gasteiger partial charge in [0.1, 0.15) is 17.2 Å². The summed E-state index contributed by atoms with van der Waals surface area (Å²) in [6.07, 6.45) is -1.06. The fraction of sp³-hybridized carbons (Fsp3) is 0.158. The van der Waals surface area contributed by atoms with Gasteiger partial charge in [0.05, 0.1) is 6.54 Å². The predicted octanol–water partition coefficient (Wildman–Crippen LogP) is 2.55. The summed E-state index contributed by atoms with van der Waals surface area (Å²) in [5, 5.41) is 10.5. The van der Waals surface area contributed by atoms with Gasteiger partial charge >= 0.3 is 12.0 Å². The van der Waals surface area contributed by atoms with Gasteiger partial charge in [-0.15, -0.1) is 10.2 Å². The summed E-state index contributed by atoms with van der Waals surface area (Å²) >= 11 is 0. The minimum Gasteiger partial charge on any atom is -0.426 e. The Kier molecular flexibility index (Phi) is 6.92. The van der Waals surface area contributed by atoms with Crippen LogP contribution in [0.25, 0.3) is 0 Å². The number of benzene rings is 1. The average molecular weight is 442 g/mol. The van der Waals surface area contributed by atoms with Gasteiger partial charge in [0, 0.05) is 0 Å². The molecule has 0 radical (unpaired) electrons. The molecule has 3 aromatic rings. The number of anilines is 2. The molecule has 0 atom stereocenters. The summed E-state index contributed by atoms with van der Waals surface area (Å²) in [7, 11) is 0. The molecule has 1 amide bonds. The Morgan fingerprint density at radius 2 is 1.88 bits per heavy atom. The highest BCUT2D eigenvalue weighted by atomic mass is 16.7. The number of pyridine rings is 1. The summed E-state index contributed by atoms with van der Waals surface area (Å²) in [5.74, 6) is -0.778. The van der Waals surface area contributed by atoms with Crippen LogP contribution in [-0.2, 0) is 16.1 Å². The molecule has 166 valence electrons. The van der Waals surface area contributed by atoms with Crippen molar-refractivity contribution in [2.24, 2.45) is 16.0 Å². The monoisotopic (exact) mass is 442 g/mol. The van der Waals surface area contributed by atoms with E-state index in [0.29, 0.717) is 0 Å². The molecular formula is C19H18N6O7. The third-order valence-corrected chi connectivity index (χ3v) is 3.84. The van der Waals surface area contributed by atoms with Gasteiger partial charge in [-0.05, 0) is 31.2 Å². The Balaban J connectivity index is 1.67. The Labute approximate surface area is 180 Å². The summed E-state index contributed by atoms with van der Waals surface area (Å²) in [4.78, 5) is 38.3. The second-order valence-electron chi connectivity index (χ2n) is 6.10. The van der Waals surface area contributed by atoms with E-state index >= 15 is 0 Å². The molecule has 0 saturated carbocycles. The first kappa shape index (κ1) is 22.2. The molecule has 0 unspecified atom stereocenters. The maximum Gasteiger partial charge on any atom is 0.519 e. The van der Waals surface area contributed by atoms with Gasteiger partial charge in [-0.1, -0.05) is 12.1 Å². The highest BCUT2D eigenvalue weighted by molar-refractivity contribution is 5.91. The molecule has 1 aromatic carbocycles. The number of hydrogen-bond donors (Lipinski definition) is 3. The van der Waals surface area contributed by atoms with Crippen molar-refractivity contribution in [1.82, 2.24) is 4.98 Å². The molecule has 0 spiro atoms. The minimum absolute atomic E-state index is 0.0124. The number of carbonyl (C=O) groups excluding carboxylic acids is 2. The minimum atomic E-state index is -1.06. The Morgan fingerprint density at radius 3 is 2.56 bits per heavy atom. The Morgan fingerprint density at radius 1 is 1.12 bits per heavy atom. The number of rotatable bonds is 7. The van der Waals surface area contributed by atoms with Crippen LogP contribution < -0.4 is 27.3 Å². The van der Waals surface area contributed by atoms with Crippen LogP contribution >= 0.6 is 0 Å². The van der Waals surface area contributed by atoms with Crippen LogP contribution in [0.2, 0.25) is 0 Å². The molecule has 0 bridgehead atoms. The normalized spacial score (nSPS) is 10.8. The van der Waals surface area contributed by atoms with Crippen LogP contribution in [0.5, 0.6) is 5.75 Å². The number of amides is 1. The van der Waals surface area contributed by atoms with Crippen molar-refractivity contribution in [3.8, 4) is 5.75 Å². The number of azo groups is 1. The van der Waals surface area contributed by atoms with Gasteiger partial charge in [-0.3, -0.25) is 4.79 Å². The molecule has 2 heterocycles. The first-order valence-electron chi connectivity index (χ1n) is 9.07. The van der Waals surface area contributed by atoms with Crippen molar-refractivity contribution in [2.75, 3.05) is 17.6 Å². The van der Waals surface area contributed by atoms with Crippen molar-refractivity contribution in [3.05, 3.63) is 58.5 Å². The molecule has 5 N–H and O–H groups in total. The zero-order valence-corrected chi connectivity index (χ0v) is 16.7. The largest absolute Gasteiger partial charge is 0.519 e. The number of aryl methyl sites for hydroxylation is 1. The van der Waals surface area contributed by atoms with Gasteiger partial charge in [0.25, 0.3) is 0 Å². The van der Waals surface area contributed by atoms with Crippen LogP contribution in [0.15, 0.2) is 60.3 Å². The summed E-state index contributed by atoms with van der Waals surface area (Å²) in [6.45, 7) is 0.942. The first-order valence-corrected chi connectivity index (χ1v) is 9.07. The first-order chi connectivity index (χ1) is 15.4. The molecule has 32 heavy (non-hydrogen) atoms. The van der Waals surface area contributed by atoms with Crippen LogP contribution in [0.4, 0.5) is 27.8 Å². The lowest BCUT2D eigenvalue weighted by atomic mass is 10.3. The molecular weight excluding hydrogens is 424 g/mol. The van der Waals surface area contributed by atoms with E-state index in [0.717, 1.165) is 0 Å². The molecule has 0 saturated heterocycles. The smallest absolute Gasteiger partial charge is 0.426 e. The van der Waals surface area contributed by atoms with E-state index in [1.807, 2.05) is 0 Å². The van der Waals surface area contributed by atoms with E-state index in [2.05, 4.69) is 24.9 Å². The standard InChI is InChI=1S/C19H18N6O7/c1-10-14(32-19(28)30-10)9-29-18(27)31-13-5-3-2-4-11(13)24-25-12-6-7-15(23-17(12)21)22-16(26)8-20/h2-7H,8-9,20H2,1H3,(H3,21,22,23,26)/b25-24+. The second kappa shape index (κ2) is 9.99. The van der Waals surface area contributed by atoms with Crippen LogP contribution in [-0.4, -0.2) is 23.6 Å². The molecule has 0 aliphatic heterocycles. The Bertz CT molecular complexity index is 1220. The number of ether oxygens (including phenoxy) is 2. The van der Waals surface area contributed by atoms with Crippen molar-refractivity contribution >= 4 is 35.1 Å². The van der Waals surface area contributed by atoms with Gasteiger partial charge in [0.15, 0.2) is 29.7 Å². The third kappa shape index (κ3) is 5.76. The quantitative estimate of drug-likeness (QED) is 0.277. The molecule has 2 aromatic heterocycles. The predicted molar refractivity (Wildman–Crippen MR) is 110 cm³/mol. The topological polar surface area (TPSA) is 198 Å². The van der Waals surface area contributed by atoms with Crippen molar-refractivity contribution < 1.29 is 27.9 Å². The summed E-state index contributed by atoms with van der Waals surface area (Å²) in [5.41, 5.74) is 11.5. The Hall–Kier alpha value is -4.52. The lowest BCUT2D eigenvalue weighted by Gasteiger charge is -2.07.